The predicted octanol–water partition coefficient (Wildman–Crippen LogP) is 2.11. The second kappa shape index (κ2) is 5.66. The molecular weight excluding hydrogens is 172 g/mol. The van der Waals surface area contributed by atoms with E-state index in [4.69, 9.17) is 5.73 Å². The maximum absolute atomic E-state index is 5.63. The van der Waals surface area contributed by atoms with Crippen LogP contribution in [0.5, 0.6) is 0 Å². The van der Waals surface area contributed by atoms with Crippen molar-refractivity contribution in [1.82, 2.24) is 0 Å². The van der Waals surface area contributed by atoms with Crippen LogP contribution in [0.15, 0.2) is 30.3 Å². The van der Waals surface area contributed by atoms with Crippen molar-refractivity contribution in [3.63, 3.8) is 0 Å². The highest BCUT2D eigenvalue weighted by atomic mass is 15.1. The van der Waals surface area contributed by atoms with Crippen LogP contribution in [-0.4, -0.2) is 19.6 Å². The van der Waals surface area contributed by atoms with Crippen LogP contribution in [0.4, 0.5) is 5.69 Å². The molecule has 1 aromatic rings. The fourth-order valence-electron chi connectivity index (χ4n) is 1.51. The van der Waals surface area contributed by atoms with Gasteiger partial charge in [0.2, 0.25) is 0 Å². The smallest absolute Gasteiger partial charge is 0.0366 e. The third kappa shape index (κ3) is 3.04. The quantitative estimate of drug-likeness (QED) is 0.774. The van der Waals surface area contributed by atoms with E-state index in [0.29, 0.717) is 5.92 Å². The molecule has 0 aliphatic rings. The Morgan fingerprint density at radius 2 is 1.93 bits per heavy atom. The molecule has 0 fully saturated rings. The first-order chi connectivity index (χ1) is 6.77. The third-order valence-corrected chi connectivity index (χ3v) is 2.44. The molecule has 0 amide bonds. The molecule has 0 bridgehead atoms. The summed E-state index contributed by atoms with van der Waals surface area (Å²) >= 11 is 0. The van der Waals surface area contributed by atoms with E-state index in [1.165, 1.54) is 5.69 Å². The van der Waals surface area contributed by atoms with Gasteiger partial charge in [0.1, 0.15) is 0 Å². The minimum atomic E-state index is 0.551. The molecule has 0 radical (unpaired) electrons. The lowest BCUT2D eigenvalue weighted by Gasteiger charge is -2.25. The van der Waals surface area contributed by atoms with Gasteiger partial charge in [-0.1, -0.05) is 25.1 Å². The molecule has 1 atom stereocenters. The minimum Gasteiger partial charge on any atom is -0.371 e. The van der Waals surface area contributed by atoms with E-state index in [-0.39, 0.29) is 0 Å². The standard InChI is InChI=1S/C12H20N2/c1-3-14(10-11(2)9-13)12-7-5-4-6-8-12/h4-8,11H,3,9-10,13H2,1-2H3. The number of rotatable bonds is 5. The largest absolute Gasteiger partial charge is 0.371 e. The van der Waals surface area contributed by atoms with Crippen LogP contribution in [0.1, 0.15) is 13.8 Å². The van der Waals surface area contributed by atoms with Crippen molar-refractivity contribution in [1.29, 1.82) is 0 Å². The van der Waals surface area contributed by atoms with Gasteiger partial charge in [0.15, 0.2) is 0 Å². The summed E-state index contributed by atoms with van der Waals surface area (Å²) in [7, 11) is 0. The average Bonchev–Trinajstić information content (AvgIpc) is 2.26. The second-order valence-electron chi connectivity index (χ2n) is 3.72. The maximum atomic E-state index is 5.63. The topological polar surface area (TPSA) is 29.3 Å². The SMILES string of the molecule is CCN(CC(C)CN)c1ccccc1. The highest BCUT2D eigenvalue weighted by Gasteiger charge is 2.07. The number of benzene rings is 1. The lowest BCUT2D eigenvalue weighted by atomic mass is 10.1. The zero-order valence-electron chi connectivity index (χ0n) is 9.11. The first kappa shape index (κ1) is 11.1. The van der Waals surface area contributed by atoms with Gasteiger partial charge in [-0.15, -0.1) is 0 Å². The Morgan fingerprint density at radius 1 is 1.29 bits per heavy atom. The maximum Gasteiger partial charge on any atom is 0.0366 e. The van der Waals surface area contributed by atoms with Crippen LogP contribution in [0, 0.1) is 5.92 Å². The van der Waals surface area contributed by atoms with Gasteiger partial charge in [-0.25, -0.2) is 0 Å². The van der Waals surface area contributed by atoms with Crippen LogP contribution >= 0.6 is 0 Å². The van der Waals surface area contributed by atoms with Crippen LogP contribution in [-0.2, 0) is 0 Å². The summed E-state index contributed by atoms with van der Waals surface area (Å²) in [5.41, 5.74) is 6.91. The summed E-state index contributed by atoms with van der Waals surface area (Å²) in [4.78, 5) is 2.36. The van der Waals surface area contributed by atoms with E-state index in [2.05, 4.69) is 43.0 Å². The lowest BCUT2D eigenvalue weighted by Crippen LogP contribution is -2.31. The van der Waals surface area contributed by atoms with E-state index in [1.54, 1.807) is 0 Å². The molecule has 0 aliphatic carbocycles. The van der Waals surface area contributed by atoms with E-state index < -0.39 is 0 Å². The number of para-hydroxylation sites is 1. The van der Waals surface area contributed by atoms with E-state index in [0.717, 1.165) is 19.6 Å². The molecule has 0 heterocycles. The van der Waals surface area contributed by atoms with Crippen molar-refractivity contribution in [3.8, 4) is 0 Å². The third-order valence-electron chi connectivity index (χ3n) is 2.44. The molecule has 2 N–H and O–H groups in total. The molecule has 1 aromatic carbocycles. The molecule has 0 spiro atoms. The van der Waals surface area contributed by atoms with Gasteiger partial charge >= 0.3 is 0 Å². The number of hydrogen-bond donors (Lipinski definition) is 1. The van der Waals surface area contributed by atoms with Crippen molar-refractivity contribution in [2.75, 3.05) is 24.5 Å². The Morgan fingerprint density at radius 3 is 2.43 bits per heavy atom. The van der Waals surface area contributed by atoms with Crippen molar-refractivity contribution in [3.05, 3.63) is 30.3 Å². The monoisotopic (exact) mass is 192 g/mol. The minimum absolute atomic E-state index is 0.551. The Kier molecular flexibility index (Phi) is 4.47. The number of nitrogens with two attached hydrogens (primary N) is 1. The van der Waals surface area contributed by atoms with Gasteiger partial charge in [0, 0.05) is 18.8 Å². The summed E-state index contributed by atoms with van der Waals surface area (Å²) in [5, 5.41) is 0. The summed E-state index contributed by atoms with van der Waals surface area (Å²) in [6.07, 6.45) is 0. The van der Waals surface area contributed by atoms with Gasteiger partial charge in [-0.3, -0.25) is 0 Å². The second-order valence-corrected chi connectivity index (χ2v) is 3.72. The van der Waals surface area contributed by atoms with Crippen molar-refractivity contribution in [2.45, 2.75) is 13.8 Å². The normalized spacial score (nSPS) is 12.5. The van der Waals surface area contributed by atoms with Gasteiger partial charge in [0.25, 0.3) is 0 Å². The Hall–Kier alpha value is -1.02. The van der Waals surface area contributed by atoms with Crippen LogP contribution in [0.2, 0.25) is 0 Å². The summed E-state index contributed by atoms with van der Waals surface area (Å²) in [5.74, 6) is 0.551. The summed E-state index contributed by atoms with van der Waals surface area (Å²) < 4.78 is 0. The fraction of sp³-hybridized carbons (Fsp3) is 0.500. The van der Waals surface area contributed by atoms with E-state index in [9.17, 15) is 0 Å². The highest BCUT2D eigenvalue weighted by molar-refractivity contribution is 5.45. The Bertz CT molecular complexity index is 246. The zero-order valence-corrected chi connectivity index (χ0v) is 9.11. The van der Waals surface area contributed by atoms with Crippen molar-refractivity contribution >= 4 is 5.69 Å². The summed E-state index contributed by atoms with van der Waals surface area (Å²) in [6, 6.07) is 10.5. The Labute approximate surface area is 86.7 Å². The van der Waals surface area contributed by atoms with E-state index >= 15 is 0 Å². The molecule has 0 saturated heterocycles. The molecule has 2 heteroatoms. The summed E-state index contributed by atoms with van der Waals surface area (Å²) in [6.45, 7) is 7.19. The fourth-order valence-corrected chi connectivity index (χ4v) is 1.51. The highest BCUT2D eigenvalue weighted by Crippen LogP contribution is 2.14. The first-order valence-electron chi connectivity index (χ1n) is 5.28. The molecule has 0 aliphatic heterocycles. The van der Waals surface area contributed by atoms with E-state index in [1.807, 2.05) is 6.07 Å². The van der Waals surface area contributed by atoms with Gasteiger partial charge in [-0.05, 0) is 31.5 Å². The molecule has 0 saturated carbocycles. The molecule has 2 nitrogen and oxygen atoms in total. The molecule has 0 aromatic heterocycles. The predicted molar refractivity (Wildman–Crippen MR) is 62.5 cm³/mol. The molecule has 1 rings (SSSR count). The van der Waals surface area contributed by atoms with Crippen LogP contribution in [0.3, 0.4) is 0 Å². The van der Waals surface area contributed by atoms with Gasteiger partial charge in [0.05, 0.1) is 0 Å². The number of anilines is 1. The van der Waals surface area contributed by atoms with Crippen LogP contribution in [0.25, 0.3) is 0 Å². The van der Waals surface area contributed by atoms with Crippen LogP contribution < -0.4 is 10.6 Å². The molecular formula is C12H20N2. The number of hydrogen-bond acceptors (Lipinski definition) is 2. The molecule has 78 valence electrons. The number of nitrogens with zero attached hydrogens (tertiary/aromatic N) is 1. The van der Waals surface area contributed by atoms with Crippen molar-refractivity contribution < 1.29 is 0 Å². The Balaban J connectivity index is 2.63. The average molecular weight is 192 g/mol. The lowest BCUT2D eigenvalue weighted by molar-refractivity contribution is 0.576. The zero-order chi connectivity index (χ0) is 10.4. The van der Waals surface area contributed by atoms with Crippen molar-refractivity contribution in [2.24, 2.45) is 11.7 Å². The van der Waals surface area contributed by atoms with Gasteiger partial charge in [-0.2, -0.15) is 0 Å². The molecule has 14 heavy (non-hydrogen) atoms. The first-order valence-corrected chi connectivity index (χ1v) is 5.28. The van der Waals surface area contributed by atoms with Gasteiger partial charge < -0.3 is 10.6 Å². The molecule has 1 unspecified atom stereocenters.